The summed E-state index contributed by atoms with van der Waals surface area (Å²) in [6.45, 7) is 5.12. The quantitative estimate of drug-likeness (QED) is 0.219. The lowest BCUT2D eigenvalue weighted by atomic mass is 9.98. The van der Waals surface area contributed by atoms with E-state index in [0.717, 1.165) is 41.0 Å². The molecule has 5 rings (SSSR count). The standard InChI is InChI=1S/C32H33NO5/c1-4-5-6-7-18-37-25-15-11-23(12-16-25)29-28-30(34)26-19-21(2)8-17-27(26)38-31(28)32(35)33(29)20-22-9-13-24(36-3)14-10-22/h8-17,19,29H,4-7,18,20H2,1-3H3. The number of hydrogen-bond acceptors (Lipinski definition) is 5. The number of ether oxygens (including phenoxy) is 2. The molecule has 1 aliphatic heterocycles. The van der Waals surface area contributed by atoms with E-state index in [1.165, 1.54) is 12.8 Å². The van der Waals surface area contributed by atoms with Crippen molar-refractivity contribution in [3.8, 4) is 11.5 Å². The molecule has 0 saturated carbocycles. The molecule has 0 saturated heterocycles. The van der Waals surface area contributed by atoms with Crippen LogP contribution in [0.3, 0.4) is 0 Å². The Kier molecular flexibility index (Phi) is 7.50. The van der Waals surface area contributed by atoms with Gasteiger partial charge in [-0.05, 0) is 60.9 Å². The van der Waals surface area contributed by atoms with Gasteiger partial charge in [0, 0.05) is 6.54 Å². The molecule has 1 amide bonds. The first-order valence-corrected chi connectivity index (χ1v) is 13.2. The van der Waals surface area contributed by atoms with Crippen LogP contribution in [0.4, 0.5) is 0 Å². The summed E-state index contributed by atoms with van der Waals surface area (Å²) in [6, 6.07) is 20.2. The lowest BCUT2D eigenvalue weighted by Gasteiger charge is -2.25. The summed E-state index contributed by atoms with van der Waals surface area (Å²) in [5.41, 5.74) is 3.36. The smallest absolute Gasteiger partial charge is 0.291 e. The van der Waals surface area contributed by atoms with Gasteiger partial charge in [0.05, 0.1) is 30.7 Å². The zero-order chi connectivity index (χ0) is 26.6. The van der Waals surface area contributed by atoms with Gasteiger partial charge in [-0.15, -0.1) is 0 Å². The lowest BCUT2D eigenvalue weighted by molar-refractivity contribution is 0.0714. The fourth-order valence-electron chi connectivity index (χ4n) is 5.04. The monoisotopic (exact) mass is 511 g/mol. The van der Waals surface area contributed by atoms with E-state index in [1.807, 2.05) is 67.6 Å². The van der Waals surface area contributed by atoms with Gasteiger partial charge in [-0.3, -0.25) is 9.59 Å². The first kappa shape index (κ1) is 25.6. The van der Waals surface area contributed by atoms with Crippen molar-refractivity contribution in [1.29, 1.82) is 0 Å². The normalized spacial score (nSPS) is 14.7. The second-order valence-corrected chi connectivity index (χ2v) is 9.84. The Morgan fingerprint density at radius 1 is 0.895 bits per heavy atom. The first-order chi connectivity index (χ1) is 18.5. The van der Waals surface area contributed by atoms with Crippen molar-refractivity contribution in [3.05, 3.63) is 105 Å². The van der Waals surface area contributed by atoms with E-state index in [2.05, 4.69) is 6.92 Å². The molecule has 38 heavy (non-hydrogen) atoms. The van der Waals surface area contributed by atoms with Crippen molar-refractivity contribution in [3.63, 3.8) is 0 Å². The number of aryl methyl sites for hydroxylation is 1. The number of nitrogens with zero attached hydrogens (tertiary/aromatic N) is 1. The van der Waals surface area contributed by atoms with Gasteiger partial charge < -0.3 is 18.8 Å². The van der Waals surface area contributed by atoms with Crippen LogP contribution in [0.5, 0.6) is 11.5 Å². The Balaban J connectivity index is 1.52. The van der Waals surface area contributed by atoms with E-state index in [-0.39, 0.29) is 17.1 Å². The predicted octanol–water partition coefficient (Wildman–Crippen LogP) is 6.81. The minimum absolute atomic E-state index is 0.112. The highest BCUT2D eigenvalue weighted by Crippen LogP contribution is 2.39. The van der Waals surface area contributed by atoms with Crippen molar-refractivity contribution in [2.45, 2.75) is 52.1 Å². The van der Waals surface area contributed by atoms with Crippen LogP contribution < -0.4 is 14.9 Å². The van der Waals surface area contributed by atoms with E-state index in [9.17, 15) is 9.59 Å². The number of hydrogen-bond donors (Lipinski definition) is 0. The third-order valence-electron chi connectivity index (χ3n) is 7.10. The minimum Gasteiger partial charge on any atom is -0.497 e. The van der Waals surface area contributed by atoms with Crippen LogP contribution in [-0.4, -0.2) is 24.5 Å². The highest BCUT2D eigenvalue weighted by molar-refractivity contribution is 5.99. The topological polar surface area (TPSA) is 69.0 Å². The van der Waals surface area contributed by atoms with E-state index >= 15 is 0 Å². The van der Waals surface area contributed by atoms with E-state index in [1.54, 1.807) is 18.1 Å². The SMILES string of the molecule is CCCCCCOc1ccc(C2c3c(oc4ccc(C)cc4c3=O)C(=O)N2Cc2ccc(OC)cc2)cc1. The first-order valence-electron chi connectivity index (χ1n) is 13.2. The maximum atomic E-state index is 13.8. The second-order valence-electron chi connectivity index (χ2n) is 9.84. The molecule has 6 nitrogen and oxygen atoms in total. The molecule has 1 aliphatic rings. The van der Waals surface area contributed by atoms with Gasteiger partial charge in [0.15, 0.2) is 5.43 Å². The summed E-state index contributed by atoms with van der Waals surface area (Å²) >= 11 is 0. The zero-order valence-corrected chi connectivity index (χ0v) is 22.2. The molecule has 1 atom stereocenters. The Morgan fingerprint density at radius 2 is 1.63 bits per heavy atom. The number of amides is 1. The lowest BCUT2D eigenvalue weighted by Crippen LogP contribution is -2.29. The van der Waals surface area contributed by atoms with Crippen molar-refractivity contribution in [2.24, 2.45) is 0 Å². The molecule has 0 aliphatic carbocycles. The fraction of sp³-hybridized carbons (Fsp3) is 0.312. The number of benzene rings is 3. The van der Waals surface area contributed by atoms with Crippen LogP contribution in [0.15, 0.2) is 75.9 Å². The Labute approximate surface area is 222 Å². The number of carbonyl (C=O) groups excluding carboxylic acids is 1. The summed E-state index contributed by atoms with van der Waals surface area (Å²) in [5, 5.41) is 0.486. The van der Waals surface area contributed by atoms with Crippen LogP contribution in [0.2, 0.25) is 0 Å². The molecule has 0 radical (unpaired) electrons. The average molecular weight is 512 g/mol. The molecule has 6 heteroatoms. The van der Waals surface area contributed by atoms with Crippen molar-refractivity contribution < 1.29 is 18.7 Å². The molecule has 1 unspecified atom stereocenters. The van der Waals surface area contributed by atoms with E-state index in [0.29, 0.717) is 29.7 Å². The Hall–Kier alpha value is -4.06. The molecular formula is C32H33NO5. The average Bonchev–Trinajstić information content (AvgIpc) is 3.21. The maximum absolute atomic E-state index is 13.8. The van der Waals surface area contributed by atoms with Crippen molar-refractivity contribution in [2.75, 3.05) is 13.7 Å². The molecule has 196 valence electrons. The minimum atomic E-state index is -0.570. The van der Waals surface area contributed by atoms with E-state index in [4.69, 9.17) is 13.9 Å². The largest absolute Gasteiger partial charge is 0.497 e. The summed E-state index contributed by atoms with van der Waals surface area (Å²) in [5.74, 6) is 1.33. The molecule has 0 bridgehead atoms. The van der Waals surface area contributed by atoms with E-state index < -0.39 is 6.04 Å². The van der Waals surface area contributed by atoms with Gasteiger partial charge in [-0.1, -0.05) is 62.1 Å². The third-order valence-corrected chi connectivity index (χ3v) is 7.10. The third kappa shape index (κ3) is 5.03. The van der Waals surface area contributed by atoms with Gasteiger partial charge in [-0.25, -0.2) is 0 Å². The molecule has 2 heterocycles. The Morgan fingerprint density at radius 3 is 2.34 bits per heavy atom. The highest BCUT2D eigenvalue weighted by atomic mass is 16.5. The molecule has 0 N–H and O–H groups in total. The second kappa shape index (κ2) is 11.1. The number of rotatable bonds is 10. The number of fused-ring (bicyclic) bond motifs is 2. The number of unbranched alkanes of at least 4 members (excludes halogenated alkanes) is 3. The summed E-state index contributed by atoms with van der Waals surface area (Å²) in [4.78, 5) is 29.2. The Bertz CT molecular complexity index is 1490. The fourth-order valence-corrected chi connectivity index (χ4v) is 5.04. The van der Waals surface area contributed by atoms with Crippen molar-refractivity contribution in [1.82, 2.24) is 4.90 Å². The van der Waals surface area contributed by atoms with Crippen LogP contribution in [0.1, 0.15) is 71.5 Å². The van der Waals surface area contributed by atoms with Crippen LogP contribution in [0, 0.1) is 6.92 Å². The molecule has 0 spiro atoms. The van der Waals surface area contributed by atoms with Crippen LogP contribution in [-0.2, 0) is 6.54 Å². The van der Waals surface area contributed by atoms with Crippen LogP contribution >= 0.6 is 0 Å². The molecule has 1 aromatic heterocycles. The summed E-state index contributed by atoms with van der Waals surface area (Å²) in [7, 11) is 1.62. The number of methoxy groups -OCH3 is 1. The molecule has 3 aromatic carbocycles. The molecule has 4 aromatic rings. The van der Waals surface area contributed by atoms with Gasteiger partial charge in [0.25, 0.3) is 5.91 Å². The van der Waals surface area contributed by atoms with Gasteiger partial charge >= 0.3 is 0 Å². The summed E-state index contributed by atoms with van der Waals surface area (Å²) in [6.07, 6.45) is 4.56. The van der Waals surface area contributed by atoms with Crippen LogP contribution in [0.25, 0.3) is 11.0 Å². The maximum Gasteiger partial charge on any atom is 0.291 e. The number of carbonyl (C=O) groups is 1. The van der Waals surface area contributed by atoms with Gasteiger partial charge in [0.2, 0.25) is 5.76 Å². The van der Waals surface area contributed by atoms with Gasteiger partial charge in [-0.2, -0.15) is 0 Å². The zero-order valence-electron chi connectivity index (χ0n) is 22.2. The van der Waals surface area contributed by atoms with Gasteiger partial charge in [0.1, 0.15) is 17.1 Å². The molecule has 0 fully saturated rings. The molecular weight excluding hydrogens is 478 g/mol. The van der Waals surface area contributed by atoms with Crippen molar-refractivity contribution >= 4 is 16.9 Å². The summed E-state index contributed by atoms with van der Waals surface area (Å²) < 4.78 is 17.3. The predicted molar refractivity (Wildman–Crippen MR) is 148 cm³/mol. The highest BCUT2D eigenvalue weighted by Gasteiger charge is 2.42.